The van der Waals surface area contributed by atoms with Crippen molar-refractivity contribution in [2.24, 2.45) is 0 Å². The monoisotopic (exact) mass is 315 g/mol. The molecule has 1 fully saturated rings. The molecule has 4 nitrogen and oxygen atoms in total. The second-order valence-corrected chi connectivity index (χ2v) is 5.93. The van der Waals surface area contributed by atoms with E-state index in [2.05, 4.69) is 14.9 Å². The van der Waals surface area contributed by atoms with E-state index < -0.39 is 0 Å². The number of rotatable bonds is 6. The largest absolute Gasteiger partial charge is 0.384 e. The molecule has 0 spiro atoms. The van der Waals surface area contributed by atoms with E-state index in [0.717, 1.165) is 49.3 Å². The number of likely N-dealkylation sites (tertiary alicyclic amines) is 1. The number of hydrogen-bond acceptors (Lipinski definition) is 4. The van der Waals surface area contributed by atoms with Gasteiger partial charge in [-0.15, -0.1) is 0 Å². The first kappa shape index (κ1) is 16.0. The molecule has 2 aromatic rings. The molecular weight excluding hydrogens is 293 g/mol. The summed E-state index contributed by atoms with van der Waals surface area (Å²) in [5, 5.41) is 0. The third kappa shape index (κ3) is 4.12. The van der Waals surface area contributed by atoms with E-state index in [9.17, 15) is 4.39 Å². The van der Waals surface area contributed by atoms with Gasteiger partial charge in [0.25, 0.3) is 0 Å². The maximum Gasteiger partial charge on any atom is 0.130 e. The molecule has 1 atom stereocenters. The van der Waals surface area contributed by atoms with Crippen LogP contribution in [-0.4, -0.2) is 35.1 Å². The molecule has 0 saturated carbocycles. The molecule has 1 aromatic heterocycles. The van der Waals surface area contributed by atoms with E-state index >= 15 is 0 Å². The summed E-state index contributed by atoms with van der Waals surface area (Å²) in [6.07, 6.45) is 6.70. The molecule has 1 saturated heterocycles. The molecule has 1 aromatic carbocycles. The van der Waals surface area contributed by atoms with Crippen LogP contribution in [0, 0.1) is 5.82 Å². The van der Waals surface area contributed by atoms with E-state index in [1.54, 1.807) is 19.2 Å². The third-order valence-corrected chi connectivity index (χ3v) is 4.27. The van der Waals surface area contributed by atoms with E-state index in [4.69, 9.17) is 4.74 Å². The van der Waals surface area contributed by atoms with Gasteiger partial charge in [-0.3, -0.25) is 4.90 Å². The molecule has 0 radical (unpaired) electrons. The van der Waals surface area contributed by atoms with Gasteiger partial charge in [-0.1, -0.05) is 12.1 Å². The molecule has 1 aliphatic heterocycles. The van der Waals surface area contributed by atoms with Gasteiger partial charge >= 0.3 is 0 Å². The Morgan fingerprint density at radius 3 is 2.87 bits per heavy atom. The molecule has 0 N–H and O–H groups in total. The summed E-state index contributed by atoms with van der Waals surface area (Å²) in [5.41, 5.74) is 2.15. The van der Waals surface area contributed by atoms with Crippen LogP contribution >= 0.6 is 0 Å². The topological polar surface area (TPSA) is 38.2 Å². The smallest absolute Gasteiger partial charge is 0.130 e. The van der Waals surface area contributed by atoms with Gasteiger partial charge in [-0.2, -0.15) is 0 Å². The fraction of sp³-hybridized carbons (Fsp3) is 0.444. The van der Waals surface area contributed by atoms with Crippen LogP contribution in [0.25, 0.3) is 0 Å². The van der Waals surface area contributed by atoms with Gasteiger partial charge in [0.05, 0.1) is 6.61 Å². The Kier molecular flexibility index (Phi) is 5.31. The Balaban J connectivity index is 1.66. The lowest BCUT2D eigenvalue weighted by Gasteiger charge is -2.24. The first-order valence-corrected chi connectivity index (χ1v) is 8.04. The molecule has 23 heavy (non-hydrogen) atoms. The van der Waals surface area contributed by atoms with E-state index in [1.165, 1.54) is 6.07 Å². The highest BCUT2D eigenvalue weighted by atomic mass is 19.1. The maximum atomic E-state index is 13.5. The molecule has 0 bridgehead atoms. The minimum absolute atomic E-state index is 0.167. The zero-order valence-corrected chi connectivity index (χ0v) is 13.4. The van der Waals surface area contributed by atoms with Gasteiger partial charge < -0.3 is 4.74 Å². The lowest BCUT2D eigenvalue weighted by molar-refractivity contribution is 0.200. The summed E-state index contributed by atoms with van der Waals surface area (Å²) >= 11 is 0. The Labute approximate surface area is 136 Å². The summed E-state index contributed by atoms with van der Waals surface area (Å²) in [6, 6.07) is 7.22. The van der Waals surface area contributed by atoms with Crippen LogP contribution in [0.3, 0.4) is 0 Å². The number of benzene rings is 1. The molecular formula is C18H22FN3O. The number of nitrogens with zero attached hydrogens (tertiary/aromatic N) is 3. The van der Waals surface area contributed by atoms with Crippen LogP contribution in [0.15, 0.2) is 36.7 Å². The van der Waals surface area contributed by atoms with Crippen molar-refractivity contribution in [3.63, 3.8) is 0 Å². The fourth-order valence-corrected chi connectivity index (χ4v) is 3.13. The number of halogens is 1. The number of ether oxygens (including phenoxy) is 1. The molecule has 0 aliphatic carbocycles. The molecule has 3 rings (SSSR count). The summed E-state index contributed by atoms with van der Waals surface area (Å²) in [5.74, 6) is 0.638. The normalized spacial score (nSPS) is 18.4. The van der Waals surface area contributed by atoms with Crippen LogP contribution < -0.4 is 0 Å². The van der Waals surface area contributed by atoms with Crippen molar-refractivity contribution >= 4 is 0 Å². The Morgan fingerprint density at radius 1 is 1.30 bits per heavy atom. The van der Waals surface area contributed by atoms with Crippen molar-refractivity contribution in [2.45, 2.75) is 31.8 Å². The minimum Gasteiger partial charge on any atom is -0.384 e. The Morgan fingerprint density at radius 2 is 2.13 bits per heavy atom. The highest BCUT2D eigenvalue weighted by Crippen LogP contribution is 2.33. The molecule has 0 unspecified atom stereocenters. The van der Waals surface area contributed by atoms with Crippen molar-refractivity contribution in [1.82, 2.24) is 14.9 Å². The average molecular weight is 315 g/mol. The Bertz CT molecular complexity index is 632. The second kappa shape index (κ2) is 7.62. The number of hydrogen-bond donors (Lipinski definition) is 0. The van der Waals surface area contributed by atoms with Gasteiger partial charge in [0, 0.05) is 44.1 Å². The van der Waals surface area contributed by atoms with Crippen molar-refractivity contribution < 1.29 is 9.13 Å². The predicted molar refractivity (Wildman–Crippen MR) is 86.4 cm³/mol. The summed E-state index contributed by atoms with van der Waals surface area (Å²) in [4.78, 5) is 11.2. The molecule has 0 amide bonds. The lowest BCUT2D eigenvalue weighted by atomic mass is 10.0. The first-order valence-electron chi connectivity index (χ1n) is 8.04. The van der Waals surface area contributed by atoms with Crippen LogP contribution in [0.5, 0.6) is 0 Å². The summed E-state index contributed by atoms with van der Waals surface area (Å²) in [6.45, 7) is 2.45. The molecule has 122 valence electrons. The molecule has 1 aliphatic rings. The van der Waals surface area contributed by atoms with E-state index in [0.29, 0.717) is 6.61 Å². The van der Waals surface area contributed by atoms with Crippen LogP contribution in [0.2, 0.25) is 0 Å². The number of methoxy groups -OCH3 is 1. The molecule has 5 heteroatoms. The third-order valence-electron chi connectivity index (χ3n) is 4.27. The van der Waals surface area contributed by atoms with E-state index in [1.807, 2.05) is 18.5 Å². The minimum atomic E-state index is -0.167. The van der Waals surface area contributed by atoms with Crippen molar-refractivity contribution in [1.29, 1.82) is 0 Å². The van der Waals surface area contributed by atoms with Gasteiger partial charge in [0.2, 0.25) is 0 Å². The SMILES string of the molecule is COCCc1ncc(CN2CCC[C@H]2c2cccc(F)c2)cn1. The van der Waals surface area contributed by atoms with Crippen LogP contribution in [0.1, 0.15) is 35.8 Å². The van der Waals surface area contributed by atoms with E-state index in [-0.39, 0.29) is 11.9 Å². The highest BCUT2D eigenvalue weighted by molar-refractivity contribution is 5.21. The summed E-state index contributed by atoms with van der Waals surface area (Å²) < 4.78 is 18.5. The standard InChI is InChI=1S/C18H22FN3O/c1-23-9-7-18-20-11-14(12-21-18)13-22-8-3-6-17(22)15-4-2-5-16(19)10-15/h2,4-5,10-12,17H,3,6-9,13H2,1H3/t17-/m0/s1. The van der Waals surface area contributed by atoms with Crippen molar-refractivity contribution in [2.75, 3.05) is 20.3 Å². The maximum absolute atomic E-state index is 13.5. The van der Waals surface area contributed by atoms with Gasteiger partial charge in [0.15, 0.2) is 0 Å². The lowest BCUT2D eigenvalue weighted by Crippen LogP contribution is -2.23. The number of aromatic nitrogens is 2. The van der Waals surface area contributed by atoms with Gasteiger partial charge in [-0.05, 0) is 37.1 Å². The quantitative estimate of drug-likeness (QED) is 0.821. The zero-order chi connectivity index (χ0) is 16.1. The summed E-state index contributed by atoms with van der Waals surface area (Å²) in [7, 11) is 1.67. The van der Waals surface area contributed by atoms with Crippen molar-refractivity contribution in [3.05, 3.63) is 59.4 Å². The zero-order valence-electron chi connectivity index (χ0n) is 13.4. The van der Waals surface area contributed by atoms with Gasteiger partial charge in [0.1, 0.15) is 11.6 Å². The average Bonchev–Trinajstić information content (AvgIpc) is 3.02. The van der Waals surface area contributed by atoms with Gasteiger partial charge in [-0.25, -0.2) is 14.4 Å². The van der Waals surface area contributed by atoms with Crippen molar-refractivity contribution in [3.8, 4) is 0 Å². The first-order chi connectivity index (χ1) is 11.3. The van der Waals surface area contributed by atoms with Crippen LogP contribution in [0.4, 0.5) is 4.39 Å². The highest BCUT2D eigenvalue weighted by Gasteiger charge is 2.26. The molecule has 2 heterocycles. The van der Waals surface area contributed by atoms with Crippen LogP contribution in [-0.2, 0) is 17.7 Å². The Hall–Kier alpha value is -1.85. The second-order valence-electron chi connectivity index (χ2n) is 5.93. The fourth-order valence-electron chi connectivity index (χ4n) is 3.13. The predicted octanol–water partition coefficient (Wildman–Crippen LogP) is 3.14.